The molecule has 0 unspecified atom stereocenters. The fraction of sp³-hybridized carbons (Fsp3) is 0. The standard InChI is InChI=1S/C18H13FO2/c19-17-9-8-15(11-18(17)21)13-6-4-12(5-7-13)14-2-1-3-16(20)10-14/h1-11,20-21H. The van der Waals surface area contributed by atoms with Gasteiger partial charge < -0.3 is 10.2 Å². The highest BCUT2D eigenvalue weighted by Crippen LogP contribution is 2.29. The van der Waals surface area contributed by atoms with Crippen LogP contribution in [0.3, 0.4) is 0 Å². The summed E-state index contributed by atoms with van der Waals surface area (Å²) in [5, 5.41) is 18.9. The molecule has 0 aliphatic rings. The highest BCUT2D eigenvalue weighted by atomic mass is 19.1. The quantitative estimate of drug-likeness (QED) is 0.721. The lowest BCUT2D eigenvalue weighted by atomic mass is 10.00. The minimum Gasteiger partial charge on any atom is -0.508 e. The van der Waals surface area contributed by atoms with E-state index in [0.29, 0.717) is 0 Å². The Bertz CT molecular complexity index is 779. The topological polar surface area (TPSA) is 40.5 Å². The molecule has 0 aromatic heterocycles. The van der Waals surface area contributed by atoms with Crippen LogP contribution in [-0.2, 0) is 0 Å². The third-order valence-electron chi connectivity index (χ3n) is 3.34. The fourth-order valence-electron chi connectivity index (χ4n) is 2.23. The molecule has 0 radical (unpaired) electrons. The molecule has 2 nitrogen and oxygen atoms in total. The molecular weight excluding hydrogens is 267 g/mol. The maximum Gasteiger partial charge on any atom is 0.164 e. The minimum absolute atomic E-state index is 0.222. The van der Waals surface area contributed by atoms with Gasteiger partial charge in [0.2, 0.25) is 0 Å². The summed E-state index contributed by atoms with van der Waals surface area (Å²) in [6.07, 6.45) is 0. The van der Waals surface area contributed by atoms with E-state index in [2.05, 4.69) is 0 Å². The van der Waals surface area contributed by atoms with Crippen LogP contribution in [-0.4, -0.2) is 10.2 Å². The number of hydrogen-bond acceptors (Lipinski definition) is 2. The van der Waals surface area contributed by atoms with Crippen LogP contribution < -0.4 is 0 Å². The van der Waals surface area contributed by atoms with Crippen molar-refractivity contribution in [1.29, 1.82) is 0 Å². The van der Waals surface area contributed by atoms with Gasteiger partial charge in [0.05, 0.1) is 0 Å². The molecule has 3 aromatic rings. The van der Waals surface area contributed by atoms with E-state index in [0.717, 1.165) is 22.3 Å². The van der Waals surface area contributed by atoms with Gasteiger partial charge in [-0.2, -0.15) is 0 Å². The minimum atomic E-state index is -0.630. The van der Waals surface area contributed by atoms with Crippen molar-refractivity contribution >= 4 is 0 Å². The van der Waals surface area contributed by atoms with Gasteiger partial charge in [0.25, 0.3) is 0 Å². The van der Waals surface area contributed by atoms with Gasteiger partial charge in [-0.1, -0.05) is 42.5 Å². The number of phenolic OH excluding ortho intramolecular Hbond substituents is 2. The molecule has 3 aromatic carbocycles. The normalized spacial score (nSPS) is 10.5. The highest BCUT2D eigenvalue weighted by molar-refractivity contribution is 5.71. The Morgan fingerprint density at radius 3 is 1.76 bits per heavy atom. The van der Waals surface area contributed by atoms with Crippen LogP contribution in [0.4, 0.5) is 4.39 Å². The summed E-state index contributed by atoms with van der Waals surface area (Å²) in [6, 6.07) is 18.9. The molecule has 0 aliphatic heterocycles. The molecule has 0 aliphatic carbocycles. The Hall–Kier alpha value is -2.81. The van der Waals surface area contributed by atoms with Gasteiger partial charge in [-0.05, 0) is 46.5 Å². The van der Waals surface area contributed by atoms with Crippen molar-refractivity contribution in [2.45, 2.75) is 0 Å². The first kappa shape index (κ1) is 13.2. The van der Waals surface area contributed by atoms with E-state index >= 15 is 0 Å². The summed E-state index contributed by atoms with van der Waals surface area (Å²) in [4.78, 5) is 0. The summed E-state index contributed by atoms with van der Waals surface area (Å²) in [5.41, 5.74) is 3.52. The highest BCUT2D eigenvalue weighted by Gasteiger charge is 2.04. The number of aromatic hydroxyl groups is 2. The molecule has 0 spiro atoms. The van der Waals surface area contributed by atoms with Gasteiger partial charge in [-0.15, -0.1) is 0 Å². The molecular formula is C18H13FO2. The third-order valence-corrected chi connectivity index (χ3v) is 3.34. The maximum absolute atomic E-state index is 13.1. The van der Waals surface area contributed by atoms with Gasteiger partial charge in [0.1, 0.15) is 5.75 Å². The second-order valence-electron chi connectivity index (χ2n) is 4.79. The zero-order valence-corrected chi connectivity index (χ0v) is 11.1. The number of benzene rings is 3. The zero-order chi connectivity index (χ0) is 14.8. The molecule has 0 saturated carbocycles. The predicted molar refractivity (Wildman–Crippen MR) is 80.6 cm³/mol. The number of hydrogen-bond donors (Lipinski definition) is 2. The second-order valence-corrected chi connectivity index (χ2v) is 4.79. The molecule has 3 heteroatoms. The predicted octanol–water partition coefficient (Wildman–Crippen LogP) is 4.57. The molecule has 3 rings (SSSR count). The van der Waals surface area contributed by atoms with E-state index < -0.39 is 5.82 Å². The first-order chi connectivity index (χ1) is 10.1. The number of rotatable bonds is 2. The summed E-state index contributed by atoms with van der Waals surface area (Å²) >= 11 is 0. The van der Waals surface area contributed by atoms with Crippen LogP contribution >= 0.6 is 0 Å². The van der Waals surface area contributed by atoms with Crippen molar-refractivity contribution in [3.63, 3.8) is 0 Å². The Kier molecular flexibility index (Phi) is 3.32. The van der Waals surface area contributed by atoms with Gasteiger partial charge in [-0.3, -0.25) is 0 Å². The summed E-state index contributed by atoms with van der Waals surface area (Å²) in [6.45, 7) is 0. The molecule has 2 N–H and O–H groups in total. The molecule has 0 bridgehead atoms. The Morgan fingerprint density at radius 1 is 0.619 bits per heavy atom. The fourth-order valence-corrected chi connectivity index (χ4v) is 2.23. The van der Waals surface area contributed by atoms with E-state index in [-0.39, 0.29) is 11.5 Å². The lowest BCUT2D eigenvalue weighted by Gasteiger charge is -2.06. The second kappa shape index (κ2) is 5.29. The third kappa shape index (κ3) is 2.72. The molecule has 21 heavy (non-hydrogen) atoms. The number of halogens is 1. The number of phenols is 2. The SMILES string of the molecule is Oc1cccc(-c2ccc(-c3ccc(F)c(O)c3)cc2)c1. The van der Waals surface area contributed by atoms with Crippen LogP contribution in [0.2, 0.25) is 0 Å². The Labute approximate surface area is 121 Å². The van der Waals surface area contributed by atoms with Crippen molar-refractivity contribution in [2.24, 2.45) is 0 Å². The average molecular weight is 280 g/mol. The Balaban J connectivity index is 1.95. The van der Waals surface area contributed by atoms with Crippen molar-refractivity contribution < 1.29 is 14.6 Å². The van der Waals surface area contributed by atoms with E-state index in [4.69, 9.17) is 0 Å². The van der Waals surface area contributed by atoms with E-state index in [1.807, 2.05) is 30.3 Å². The lowest BCUT2D eigenvalue weighted by molar-refractivity contribution is 0.433. The molecule has 0 amide bonds. The monoisotopic (exact) mass is 280 g/mol. The van der Waals surface area contributed by atoms with Crippen LogP contribution in [0.5, 0.6) is 11.5 Å². The smallest absolute Gasteiger partial charge is 0.164 e. The molecule has 0 fully saturated rings. The van der Waals surface area contributed by atoms with Crippen LogP contribution in [0.25, 0.3) is 22.3 Å². The van der Waals surface area contributed by atoms with Crippen molar-refractivity contribution in [3.8, 4) is 33.8 Å². The van der Waals surface area contributed by atoms with Gasteiger partial charge >= 0.3 is 0 Å². The lowest BCUT2D eigenvalue weighted by Crippen LogP contribution is -1.82. The van der Waals surface area contributed by atoms with Crippen LogP contribution in [0.1, 0.15) is 0 Å². The summed E-state index contributed by atoms with van der Waals surface area (Å²) in [7, 11) is 0. The van der Waals surface area contributed by atoms with Gasteiger partial charge in [0.15, 0.2) is 11.6 Å². The van der Waals surface area contributed by atoms with Crippen molar-refractivity contribution in [3.05, 3.63) is 72.5 Å². The zero-order valence-electron chi connectivity index (χ0n) is 11.1. The first-order valence-corrected chi connectivity index (χ1v) is 6.52. The van der Waals surface area contributed by atoms with Crippen molar-refractivity contribution in [2.75, 3.05) is 0 Å². The summed E-state index contributed by atoms with van der Waals surface area (Å²) in [5.74, 6) is -0.764. The van der Waals surface area contributed by atoms with Crippen molar-refractivity contribution in [1.82, 2.24) is 0 Å². The molecule has 0 heterocycles. The van der Waals surface area contributed by atoms with Crippen LogP contribution in [0.15, 0.2) is 66.7 Å². The Morgan fingerprint density at radius 2 is 1.19 bits per heavy atom. The van der Waals surface area contributed by atoms with E-state index in [1.54, 1.807) is 24.3 Å². The van der Waals surface area contributed by atoms with E-state index in [1.165, 1.54) is 12.1 Å². The van der Waals surface area contributed by atoms with E-state index in [9.17, 15) is 14.6 Å². The summed E-state index contributed by atoms with van der Waals surface area (Å²) < 4.78 is 13.1. The average Bonchev–Trinajstić information content (AvgIpc) is 2.50. The molecule has 104 valence electrons. The largest absolute Gasteiger partial charge is 0.508 e. The molecule has 0 atom stereocenters. The van der Waals surface area contributed by atoms with Gasteiger partial charge in [0, 0.05) is 0 Å². The maximum atomic E-state index is 13.1. The molecule has 0 saturated heterocycles. The first-order valence-electron chi connectivity index (χ1n) is 6.52. The van der Waals surface area contributed by atoms with Gasteiger partial charge in [-0.25, -0.2) is 4.39 Å². The van der Waals surface area contributed by atoms with Crippen LogP contribution in [0, 0.1) is 5.82 Å².